The zero-order valence-corrected chi connectivity index (χ0v) is 11.5. The molecule has 2 aliphatic heterocycles. The lowest BCUT2D eigenvalue weighted by molar-refractivity contribution is 0.207. The van der Waals surface area contributed by atoms with Crippen LogP contribution in [0.15, 0.2) is 23.1 Å². The minimum absolute atomic E-state index is 0.0896. The Balaban J connectivity index is 2.06. The predicted molar refractivity (Wildman–Crippen MR) is 71.6 cm³/mol. The number of hydrogen-bond acceptors (Lipinski definition) is 3. The summed E-state index contributed by atoms with van der Waals surface area (Å²) >= 11 is 1.81. The molecule has 1 aromatic rings. The van der Waals surface area contributed by atoms with Crippen LogP contribution < -0.4 is 10.1 Å². The van der Waals surface area contributed by atoms with Gasteiger partial charge in [-0.25, -0.2) is 0 Å². The van der Waals surface area contributed by atoms with E-state index >= 15 is 0 Å². The van der Waals surface area contributed by atoms with E-state index < -0.39 is 0 Å². The highest BCUT2D eigenvalue weighted by Crippen LogP contribution is 2.51. The monoisotopic (exact) mass is 249 g/mol. The van der Waals surface area contributed by atoms with Gasteiger partial charge in [0.2, 0.25) is 0 Å². The third-order valence-corrected chi connectivity index (χ3v) is 4.76. The maximum absolute atomic E-state index is 6.13. The molecule has 1 unspecified atom stereocenters. The molecule has 0 bridgehead atoms. The number of benzene rings is 1. The standard InChI is InChI=1S/C14H19NOS/c1-13(2)16-12-10(6-4-7-11(12)17-13)14(3)8-5-9-15-14/h4,6-7,15H,5,8-9H2,1-3H3. The minimum Gasteiger partial charge on any atom is -0.475 e. The summed E-state index contributed by atoms with van der Waals surface area (Å²) < 4.78 is 6.13. The fourth-order valence-corrected chi connectivity index (χ4v) is 3.84. The summed E-state index contributed by atoms with van der Waals surface area (Å²) in [5, 5.41) is 3.62. The second kappa shape index (κ2) is 3.66. The van der Waals surface area contributed by atoms with E-state index in [9.17, 15) is 0 Å². The van der Waals surface area contributed by atoms with E-state index in [0.717, 1.165) is 12.3 Å². The minimum atomic E-state index is -0.132. The van der Waals surface area contributed by atoms with Crippen molar-refractivity contribution in [2.75, 3.05) is 6.54 Å². The first-order valence-corrected chi connectivity index (χ1v) is 7.08. The van der Waals surface area contributed by atoms with E-state index in [1.165, 1.54) is 23.3 Å². The number of ether oxygens (including phenoxy) is 1. The van der Waals surface area contributed by atoms with Crippen molar-refractivity contribution < 1.29 is 4.74 Å². The number of nitrogens with one attached hydrogen (secondary N) is 1. The van der Waals surface area contributed by atoms with E-state index in [4.69, 9.17) is 4.74 Å². The van der Waals surface area contributed by atoms with Crippen molar-refractivity contribution in [2.45, 2.75) is 49.0 Å². The summed E-state index contributed by atoms with van der Waals surface area (Å²) in [6, 6.07) is 6.52. The Bertz CT molecular complexity index is 450. The Hall–Kier alpha value is -0.670. The fourth-order valence-electron chi connectivity index (χ4n) is 2.79. The molecule has 1 fully saturated rings. The first kappa shape index (κ1) is 11.4. The lowest BCUT2D eigenvalue weighted by atomic mass is 9.90. The highest BCUT2D eigenvalue weighted by atomic mass is 32.2. The van der Waals surface area contributed by atoms with Crippen LogP contribution in [0.5, 0.6) is 5.75 Å². The molecule has 2 heterocycles. The molecule has 0 amide bonds. The maximum atomic E-state index is 6.13. The van der Waals surface area contributed by atoms with Gasteiger partial charge in [0.25, 0.3) is 0 Å². The summed E-state index contributed by atoms with van der Waals surface area (Å²) in [6.07, 6.45) is 2.44. The molecule has 17 heavy (non-hydrogen) atoms. The van der Waals surface area contributed by atoms with Gasteiger partial charge in [0.1, 0.15) is 5.75 Å². The van der Waals surface area contributed by atoms with Crippen LogP contribution in [0.25, 0.3) is 0 Å². The van der Waals surface area contributed by atoms with Gasteiger partial charge in [0.15, 0.2) is 4.93 Å². The van der Waals surface area contributed by atoms with Crippen molar-refractivity contribution in [1.82, 2.24) is 5.32 Å². The van der Waals surface area contributed by atoms with Gasteiger partial charge in [0, 0.05) is 11.1 Å². The zero-order chi connectivity index (χ0) is 12.1. The molecule has 0 spiro atoms. The van der Waals surface area contributed by atoms with Crippen molar-refractivity contribution in [2.24, 2.45) is 0 Å². The van der Waals surface area contributed by atoms with Gasteiger partial charge in [-0.1, -0.05) is 23.9 Å². The van der Waals surface area contributed by atoms with Gasteiger partial charge in [-0.2, -0.15) is 0 Å². The van der Waals surface area contributed by atoms with Gasteiger partial charge in [0.05, 0.1) is 4.90 Å². The van der Waals surface area contributed by atoms with Crippen molar-refractivity contribution in [3.8, 4) is 5.75 Å². The average molecular weight is 249 g/mol. The third-order valence-electron chi connectivity index (χ3n) is 3.65. The topological polar surface area (TPSA) is 21.3 Å². The van der Waals surface area contributed by atoms with E-state index in [2.05, 4.69) is 44.3 Å². The highest BCUT2D eigenvalue weighted by Gasteiger charge is 2.39. The fraction of sp³-hybridized carbons (Fsp3) is 0.571. The molecule has 1 aromatic carbocycles. The molecule has 0 saturated carbocycles. The van der Waals surface area contributed by atoms with Crippen molar-refractivity contribution in [3.63, 3.8) is 0 Å². The van der Waals surface area contributed by atoms with Crippen molar-refractivity contribution in [1.29, 1.82) is 0 Å². The van der Waals surface area contributed by atoms with E-state index in [0.29, 0.717) is 0 Å². The molecule has 2 aliphatic rings. The van der Waals surface area contributed by atoms with Gasteiger partial charge >= 0.3 is 0 Å². The van der Waals surface area contributed by atoms with E-state index in [-0.39, 0.29) is 10.5 Å². The Labute approximate surface area is 107 Å². The number of fused-ring (bicyclic) bond motifs is 1. The summed E-state index contributed by atoms with van der Waals surface area (Å²) in [7, 11) is 0. The molecule has 0 radical (unpaired) electrons. The molecule has 3 heteroatoms. The van der Waals surface area contributed by atoms with Gasteiger partial charge in [-0.05, 0) is 46.2 Å². The molecule has 3 rings (SSSR count). The normalized spacial score (nSPS) is 30.1. The highest BCUT2D eigenvalue weighted by molar-refractivity contribution is 8.00. The Kier molecular flexibility index (Phi) is 2.46. The molecule has 1 atom stereocenters. The molecule has 1 N–H and O–H groups in total. The van der Waals surface area contributed by atoms with Gasteiger partial charge in [-0.3, -0.25) is 0 Å². The summed E-state index contributed by atoms with van der Waals surface area (Å²) in [5.74, 6) is 1.10. The maximum Gasteiger partial charge on any atom is 0.153 e. The SMILES string of the molecule is CC1(C)Oc2c(cccc2C2(C)CCCN2)S1. The largest absolute Gasteiger partial charge is 0.475 e. The number of para-hydroxylation sites is 1. The summed E-state index contributed by atoms with van der Waals surface area (Å²) in [5.41, 5.74) is 1.41. The van der Waals surface area contributed by atoms with Crippen LogP contribution in [0.1, 0.15) is 39.2 Å². The Morgan fingerprint density at radius 3 is 2.82 bits per heavy atom. The molecule has 0 aliphatic carbocycles. The predicted octanol–water partition coefficient (Wildman–Crippen LogP) is 3.51. The van der Waals surface area contributed by atoms with Crippen LogP contribution in [-0.2, 0) is 5.54 Å². The zero-order valence-electron chi connectivity index (χ0n) is 10.7. The van der Waals surface area contributed by atoms with Crippen LogP contribution in [0, 0.1) is 0 Å². The molecular weight excluding hydrogens is 230 g/mol. The molecule has 92 valence electrons. The smallest absolute Gasteiger partial charge is 0.153 e. The molecule has 2 nitrogen and oxygen atoms in total. The summed E-state index contributed by atoms with van der Waals surface area (Å²) in [6.45, 7) is 7.66. The second-order valence-corrected chi connectivity index (χ2v) is 7.23. The van der Waals surface area contributed by atoms with Gasteiger partial charge in [-0.15, -0.1) is 0 Å². The molecule has 0 aromatic heterocycles. The number of rotatable bonds is 1. The molecule has 1 saturated heterocycles. The number of hydrogen-bond donors (Lipinski definition) is 1. The van der Waals surface area contributed by atoms with E-state index in [1.807, 2.05) is 11.8 Å². The first-order valence-electron chi connectivity index (χ1n) is 6.27. The molecular formula is C14H19NOS. The quantitative estimate of drug-likeness (QED) is 0.823. The van der Waals surface area contributed by atoms with Crippen LogP contribution in [0.4, 0.5) is 0 Å². The Morgan fingerprint density at radius 2 is 2.12 bits per heavy atom. The Morgan fingerprint density at radius 1 is 1.29 bits per heavy atom. The van der Waals surface area contributed by atoms with Crippen molar-refractivity contribution in [3.05, 3.63) is 23.8 Å². The number of thioether (sulfide) groups is 1. The van der Waals surface area contributed by atoms with Gasteiger partial charge < -0.3 is 10.1 Å². The van der Waals surface area contributed by atoms with Crippen LogP contribution in [0.3, 0.4) is 0 Å². The lowest BCUT2D eigenvalue weighted by Crippen LogP contribution is -2.33. The van der Waals surface area contributed by atoms with Crippen LogP contribution >= 0.6 is 11.8 Å². The average Bonchev–Trinajstić information content (AvgIpc) is 2.79. The first-order chi connectivity index (χ1) is 8.00. The van der Waals surface area contributed by atoms with Crippen molar-refractivity contribution >= 4 is 11.8 Å². The lowest BCUT2D eigenvalue weighted by Gasteiger charge is -2.27. The second-order valence-electron chi connectivity index (χ2n) is 5.60. The van der Waals surface area contributed by atoms with Crippen LogP contribution in [0.2, 0.25) is 0 Å². The third kappa shape index (κ3) is 1.85. The summed E-state index contributed by atoms with van der Waals surface area (Å²) in [4.78, 5) is 1.15. The van der Waals surface area contributed by atoms with E-state index in [1.54, 1.807) is 0 Å². The van der Waals surface area contributed by atoms with Crippen LogP contribution in [-0.4, -0.2) is 11.5 Å².